The Labute approximate surface area is 58.8 Å². The molecule has 1 aliphatic rings. The molecule has 1 heterocycles. The summed E-state index contributed by atoms with van der Waals surface area (Å²) >= 11 is 0. The van der Waals surface area contributed by atoms with Crippen LogP contribution in [-0.4, -0.2) is 19.6 Å². The van der Waals surface area contributed by atoms with Gasteiger partial charge in [0.25, 0.3) is 0 Å². The average Bonchev–Trinajstić information content (AvgIpc) is 2.38. The fourth-order valence-electron chi connectivity index (χ4n) is 0.719. The maximum atomic E-state index is 10.8. The average molecular weight is 143 g/mol. The number of hydroxylamine groups is 1. The van der Waals surface area contributed by atoms with E-state index < -0.39 is 0 Å². The Morgan fingerprint density at radius 1 is 1.90 bits per heavy atom. The first kappa shape index (κ1) is 7.08. The smallest absolute Gasteiger partial charge is 0.309 e. The van der Waals surface area contributed by atoms with E-state index in [2.05, 4.69) is 10.3 Å². The van der Waals surface area contributed by atoms with Crippen molar-refractivity contribution in [3.05, 3.63) is 11.8 Å². The van der Waals surface area contributed by atoms with Gasteiger partial charge in [0.1, 0.15) is 0 Å². The van der Waals surface area contributed by atoms with Gasteiger partial charge in [0.2, 0.25) is 0 Å². The largest absolute Gasteiger partial charge is 0.488 e. The van der Waals surface area contributed by atoms with Crippen molar-refractivity contribution in [3.63, 3.8) is 0 Å². The third-order valence-electron chi connectivity index (χ3n) is 1.12. The molecule has 0 spiro atoms. The van der Waals surface area contributed by atoms with E-state index in [9.17, 15) is 4.79 Å². The van der Waals surface area contributed by atoms with Crippen molar-refractivity contribution in [1.29, 1.82) is 0 Å². The van der Waals surface area contributed by atoms with Gasteiger partial charge >= 0.3 is 5.91 Å². The van der Waals surface area contributed by atoms with Crippen LogP contribution in [0, 0.1) is 0 Å². The van der Waals surface area contributed by atoms with Crippen molar-refractivity contribution in [2.24, 2.45) is 0 Å². The van der Waals surface area contributed by atoms with E-state index in [0.29, 0.717) is 12.4 Å². The van der Waals surface area contributed by atoms with Gasteiger partial charge in [0, 0.05) is 6.42 Å². The van der Waals surface area contributed by atoms with Crippen LogP contribution in [0.5, 0.6) is 0 Å². The van der Waals surface area contributed by atoms with Gasteiger partial charge in [-0.05, 0) is 6.08 Å². The fourth-order valence-corrected chi connectivity index (χ4v) is 0.719. The number of carbonyl (C=O) groups is 1. The Bertz CT molecular complexity index is 164. The first-order valence-electron chi connectivity index (χ1n) is 3.01. The Hall–Kier alpha value is -1.03. The van der Waals surface area contributed by atoms with Gasteiger partial charge in [0.05, 0.1) is 13.7 Å². The highest BCUT2D eigenvalue weighted by molar-refractivity contribution is 5.90. The van der Waals surface area contributed by atoms with Gasteiger partial charge in [-0.3, -0.25) is 9.63 Å². The second-order valence-corrected chi connectivity index (χ2v) is 1.84. The summed E-state index contributed by atoms with van der Waals surface area (Å²) in [5.41, 5.74) is 2.16. The lowest BCUT2D eigenvalue weighted by atomic mass is 10.4. The molecule has 56 valence electrons. The lowest BCUT2D eigenvalue weighted by molar-refractivity contribution is -0.130. The Morgan fingerprint density at radius 3 is 3.20 bits per heavy atom. The summed E-state index contributed by atoms with van der Waals surface area (Å²) in [6.07, 6.45) is 2.53. The summed E-state index contributed by atoms with van der Waals surface area (Å²) in [5.74, 6) is 0.0295. The molecule has 1 aliphatic heterocycles. The molecule has 0 aliphatic carbocycles. The van der Waals surface area contributed by atoms with Gasteiger partial charge < -0.3 is 4.74 Å². The molecule has 1 rings (SSSR count). The van der Waals surface area contributed by atoms with Crippen LogP contribution in [0.1, 0.15) is 6.42 Å². The number of ether oxygens (including phenoxy) is 1. The van der Waals surface area contributed by atoms with Crippen LogP contribution < -0.4 is 5.48 Å². The number of hydrogen-bond donors (Lipinski definition) is 1. The molecule has 10 heavy (non-hydrogen) atoms. The molecule has 0 radical (unpaired) electrons. The molecule has 4 heteroatoms. The van der Waals surface area contributed by atoms with Crippen LogP contribution in [0.2, 0.25) is 0 Å². The molecule has 0 aromatic heterocycles. The molecule has 0 unspecified atom stereocenters. The predicted molar refractivity (Wildman–Crippen MR) is 33.8 cm³/mol. The van der Waals surface area contributed by atoms with Crippen molar-refractivity contribution < 1.29 is 14.4 Å². The zero-order valence-corrected chi connectivity index (χ0v) is 5.72. The molecule has 0 aromatic rings. The van der Waals surface area contributed by atoms with Crippen LogP contribution in [-0.2, 0) is 14.4 Å². The standard InChI is InChI=1S/C6H9NO3/c1-9-7-6(8)5-3-2-4-10-5/h3H,2,4H2,1H3,(H,7,8). The summed E-state index contributed by atoms with van der Waals surface area (Å²) < 4.78 is 4.94. The van der Waals surface area contributed by atoms with E-state index in [1.54, 1.807) is 6.08 Å². The van der Waals surface area contributed by atoms with Gasteiger partial charge in [0.15, 0.2) is 5.76 Å². The summed E-state index contributed by atoms with van der Waals surface area (Å²) in [7, 11) is 1.38. The van der Waals surface area contributed by atoms with E-state index in [1.807, 2.05) is 0 Å². The molecular weight excluding hydrogens is 134 g/mol. The van der Waals surface area contributed by atoms with E-state index in [1.165, 1.54) is 7.11 Å². The quantitative estimate of drug-likeness (QED) is 0.552. The SMILES string of the molecule is CONC(=O)C1=CCCO1. The van der Waals surface area contributed by atoms with Crippen molar-refractivity contribution >= 4 is 5.91 Å². The Balaban J connectivity index is 2.40. The maximum Gasteiger partial charge on any atom is 0.309 e. The second kappa shape index (κ2) is 3.22. The van der Waals surface area contributed by atoms with Crippen LogP contribution >= 0.6 is 0 Å². The highest BCUT2D eigenvalue weighted by Crippen LogP contribution is 2.07. The molecule has 0 atom stereocenters. The number of rotatable bonds is 2. The lowest BCUT2D eigenvalue weighted by Gasteiger charge is -2.01. The number of carbonyl (C=O) groups excluding carboxylic acids is 1. The van der Waals surface area contributed by atoms with Crippen molar-refractivity contribution in [1.82, 2.24) is 5.48 Å². The fraction of sp³-hybridized carbons (Fsp3) is 0.500. The third-order valence-corrected chi connectivity index (χ3v) is 1.12. The van der Waals surface area contributed by atoms with Gasteiger partial charge in [-0.2, -0.15) is 0 Å². The van der Waals surface area contributed by atoms with E-state index in [4.69, 9.17) is 4.74 Å². The molecule has 0 bridgehead atoms. The van der Waals surface area contributed by atoms with Crippen molar-refractivity contribution in [3.8, 4) is 0 Å². The van der Waals surface area contributed by atoms with Gasteiger partial charge in [-0.25, -0.2) is 5.48 Å². The lowest BCUT2D eigenvalue weighted by Crippen LogP contribution is -2.23. The molecule has 4 nitrogen and oxygen atoms in total. The molecule has 0 saturated carbocycles. The Kier molecular flexibility index (Phi) is 2.28. The van der Waals surface area contributed by atoms with Crippen LogP contribution in [0.25, 0.3) is 0 Å². The highest BCUT2D eigenvalue weighted by atomic mass is 16.6. The predicted octanol–water partition coefficient (Wildman–Crippen LogP) is -0.0318. The number of nitrogens with one attached hydrogen (secondary N) is 1. The van der Waals surface area contributed by atoms with Crippen molar-refractivity contribution in [2.45, 2.75) is 6.42 Å². The molecule has 1 N–H and O–H groups in total. The normalized spacial score (nSPS) is 15.9. The van der Waals surface area contributed by atoms with Gasteiger partial charge in [-0.1, -0.05) is 0 Å². The topological polar surface area (TPSA) is 47.6 Å². The van der Waals surface area contributed by atoms with E-state index in [-0.39, 0.29) is 5.91 Å². The molecule has 0 aromatic carbocycles. The summed E-state index contributed by atoms with van der Waals surface area (Å²) in [6, 6.07) is 0. The Morgan fingerprint density at radius 2 is 2.70 bits per heavy atom. The second-order valence-electron chi connectivity index (χ2n) is 1.84. The summed E-state index contributed by atoms with van der Waals surface area (Å²) in [4.78, 5) is 15.2. The van der Waals surface area contributed by atoms with Gasteiger partial charge in [-0.15, -0.1) is 0 Å². The minimum absolute atomic E-state index is 0.319. The maximum absolute atomic E-state index is 10.8. The first-order chi connectivity index (χ1) is 4.84. The van der Waals surface area contributed by atoms with Crippen LogP contribution in [0.15, 0.2) is 11.8 Å². The van der Waals surface area contributed by atoms with Crippen molar-refractivity contribution in [2.75, 3.05) is 13.7 Å². The minimum Gasteiger partial charge on any atom is -0.488 e. The van der Waals surface area contributed by atoms with Crippen LogP contribution in [0.4, 0.5) is 0 Å². The van der Waals surface area contributed by atoms with E-state index >= 15 is 0 Å². The molecule has 0 saturated heterocycles. The van der Waals surface area contributed by atoms with E-state index in [0.717, 1.165) is 6.42 Å². The number of hydrogen-bond acceptors (Lipinski definition) is 3. The molecule has 1 amide bonds. The zero-order valence-electron chi connectivity index (χ0n) is 5.72. The number of amides is 1. The molecular formula is C6H9NO3. The molecule has 0 fully saturated rings. The zero-order chi connectivity index (χ0) is 7.40. The third kappa shape index (κ3) is 1.48. The minimum atomic E-state index is -0.319. The first-order valence-corrected chi connectivity index (χ1v) is 3.01. The van der Waals surface area contributed by atoms with Crippen LogP contribution in [0.3, 0.4) is 0 Å². The monoisotopic (exact) mass is 143 g/mol. The summed E-state index contributed by atoms with van der Waals surface area (Å²) in [5, 5.41) is 0. The summed E-state index contributed by atoms with van der Waals surface area (Å²) in [6.45, 7) is 0.590. The highest BCUT2D eigenvalue weighted by Gasteiger charge is 2.13.